The van der Waals surface area contributed by atoms with Gasteiger partial charge in [0.1, 0.15) is 11.5 Å². The molecule has 1 aromatic carbocycles. The fourth-order valence-corrected chi connectivity index (χ4v) is 2.51. The number of rotatable bonds is 8. The third-order valence-corrected chi connectivity index (χ3v) is 3.90. The number of methoxy groups -OCH3 is 1. The van der Waals surface area contributed by atoms with E-state index in [0.717, 1.165) is 0 Å². The fraction of sp³-hybridized carbons (Fsp3) is 0.125. The number of carbonyl (C=O) groups excluding carboxylic acids is 1. The van der Waals surface area contributed by atoms with Crippen LogP contribution in [0.4, 0.5) is 11.6 Å². The number of furan rings is 1. The van der Waals surface area contributed by atoms with Gasteiger partial charge in [0.05, 0.1) is 25.3 Å². The average molecular weight is 372 g/mol. The minimum atomic E-state index is -0.168. The van der Waals surface area contributed by atoms with Crippen LogP contribution in [-0.4, -0.2) is 40.2 Å². The molecule has 0 unspecified atom stereocenters. The highest BCUT2D eigenvalue weighted by atomic mass is 32.2. The molecule has 0 fully saturated rings. The minimum Gasteiger partial charge on any atom is -0.497 e. The summed E-state index contributed by atoms with van der Waals surface area (Å²) in [6, 6.07) is 10.7. The van der Waals surface area contributed by atoms with Crippen LogP contribution in [-0.2, 0) is 4.79 Å². The van der Waals surface area contributed by atoms with Crippen molar-refractivity contribution in [1.29, 1.82) is 0 Å². The molecular formula is C16H16N6O3S. The molecule has 0 aliphatic heterocycles. The third kappa shape index (κ3) is 5.11. The van der Waals surface area contributed by atoms with E-state index in [4.69, 9.17) is 9.15 Å². The molecule has 3 aromatic rings. The second kappa shape index (κ2) is 8.72. The predicted molar refractivity (Wildman–Crippen MR) is 98.7 cm³/mol. The normalized spacial score (nSPS) is 10.8. The summed E-state index contributed by atoms with van der Waals surface area (Å²) < 4.78 is 10.2. The van der Waals surface area contributed by atoms with E-state index in [1.165, 1.54) is 18.0 Å². The van der Waals surface area contributed by atoms with Crippen molar-refractivity contribution in [2.45, 2.75) is 5.16 Å². The molecule has 0 saturated heterocycles. The van der Waals surface area contributed by atoms with Crippen molar-refractivity contribution in [2.24, 2.45) is 5.10 Å². The van der Waals surface area contributed by atoms with Crippen molar-refractivity contribution in [2.75, 3.05) is 23.6 Å². The summed E-state index contributed by atoms with van der Waals surface area (Å²) in [5.74, 6) is 1.66. The van der Waals surface area contributed by atoms with Gasteiger partial charge < -0.3 is 14.5 Å². The number of H-pyrrole nitrogens is 1. The Bertz CT molecular complexity index is 878. The topological polar surface area (TPSA) is 117 Å². The van der Waals surface area contributed by atoms with Crippen LogP contribution < -0.4 is 15.5 Å². The molecule has 3 N–H and O–H groups in total. The molecule has 0 bridgehead atoms. The average Bonchev–Trinajstić information content (AvgIpc) is 3.32. The Morgan fingerprint density at radius 3 is 3.15 bits per heavy atom. The number of carbonyl (C=O) groups is 1. The zero-order valence-electron chi connectivity index (χ0n) is 13.8. The largest absolute Gasteiger partial charge is 0.497 e. The van der Waals surface area contributed by atoms with Gasteiger partial charge in [-0.1, -0.05) is 17.8 Å². The van der Waals surface area contributed by atoms with Crippen molar-refractivity contribution in [3.63, 3.8) is 0 Å². The van der Waals surface area contributed by atoms with Gasteiger partial charge in [0.2, 0.25) is 17.0 Å². The molecule has 26 heavy (non-hydrogen) atoms. The molecule has 0 aliphatic carbocycles. The number of nitrogens with one attached hydrogen (secondary N) is 3. The molecule has 1 amide bonds. The lowest BCUT2D eigenvalue weighted by atomic mass is 10.3. The Hall–Kier alpha value is -3.27. The molecule has 2 heterocycles. The number of nitrogens with zero attached hydrogens (tertiary/aromatic N) is 3. The van der Waals surface area contributed by atoms with E-state index < -0.39 is 0 Å². The smallest absolute Gasteiger partial charge is 0.240 e. The summed E-state index contributed by atoms with van der Waals surface area (Å²) in [5.41, 5.74) is 3.36. The molecular weight excluding hydrogens is 356 g/mol. The third-order valence-electron chi connectivity index (χ3n) is 3.06. The number of amides is 1. The molecule has 0 radical (unpaired) electrons. The van der Waals surface area contributed by atoms with Gasteiger partial charge in [-0.3, -0.25) is 4.79 Å². The van der Waals surface area contributed by atoms with Crippen LogP contribution in [0.15, 0.2) is 57.3 Å². The molecule has 0 saturated carbocycles. The Kier molecular flexibility index (Phi) is 5.88. The Balaban J connectivity index is 1.45. The number of anilines is 2. The lowest BCUT2D eigenvalue weighted by Crippen LogP contribution is -2.14. The number of aromatic amines is 1. The quantitative estimate of drug-likeness (QED) is 0.316. The van der Waals surface area contributed by atoms with Gasteiger partial charge in [0.15, 0.2) is 0 Å². The van der Waals surface area contributed by atoms with E-state index in [1.807, 2.05) is 0 Å². The lowest BCUT2D eigenvalue weighted by molar-refractivity contribution is -0.113. The van der Waals surface area contributed by atoms with Gasteiger partial charge in [-0.2, -0.15) is 10.1 Å². The van der Waals surface area contributed by atoms with Gasteiger partial charge in [0.25, 0.3) is 0 Å². The van der Waals surface area contributed by atoms with Crippen LogP contribution in [0, 0.1) is 0 Å². The molecule has 0 atom stereocenters. The minimum absolute atomic E-state index is 0.168. The van der Waals surface area contributed by atoms with Crippen molar-refractivity contribution in [1.82, 2.24) is 15.2 Å². The van der Waals surface area contributed by atoms with E-state index in [0.29, 0.717) is 28.3 Å². The number of hydrogen-bond donors (Lipinski definition) is 3. The maximum absolute atomic E-state index is 12.0. The van der Waals surface area contributed by atoms with Crippen LogP contribution in [0.2, 0.25) is 0 Å². The maximum Gasteiger partial charge on any atom is 0.240 e. The summed E-state index contributed by atoms with van der Waals surface area (Å²) in [5, 5.41) is 13.9. The molecule has 10 heteroatoms. The molecule has 2 aromatic heterocycles. The monoisotopic (exact) mass is 372 g/mol. The fourth-order valence-electron chi connectivity index (χ4n) is 1.91. The van der Waals surface area contributed by atoms with Gasteiger partial charge in [-0.05, 0) is 24.3 Å². The Labute approximate surface area is 153 Å². The predicted octanol–water partition coefficient (Wildman–Crippen LogP) is 2.58. The van der Waals surface area contributed by atoms with Crippen LogP contribution >= 0.6 is 11.8 Å². The van der Waals surface area contributed by atoms with E-state index in [1.54, 1.807) is 49.8 Å². The Morgan fingerprint density at radius 2 is 2.35 bits per heavy atom. The number of aromatic nitrogens is 3. The number of benzene rings is 1. The van der Waals surface area contributed by atoms with Gasteiger partial charge in [0, 0.05) is 11.8 Å². The first-order chi connectivity index (χ1) is 12.7. The molecule has 3 rings (SSSR count). The first kappa shape index (κ1) is 17.5. The lowest BCUT2D eigenvalue weighted by Gasteiger charge is -2.06. The number of thioether (sulfide) groups is 1. The van der Waals surface area contributed by atoms with Crippen LogP contribution in [0.25, 0.3) is 0 Å². The number of hydrazone groups is 1. The van der Waals surface area contributed by atoms with Gasteiger partial charge in [-0.15, -0.1) is 5.10 Å². The summed E-state index contributed by atoms with van der Waals surface area (Å²) >= 11 is 1.20. The molecule has 0 aliphatic rings. The molecule has 9 nitrogen and oxygen atoms in total. The van der Waals surface area contributed by atoms with E-state index in [-0.39, 0.29) is 11.7 Å². The zero-order chi connectivity index (χ0) is 18.2. The molecule has 0 spiro atoms. The van der Waals surface area contributed by atoms with Crippen molar-refractivity contribution >= 4 is 35.5 Å². The maximum atomic E-state index is 12.0. The van der Waals surface area contributed by atoms with Crippen LogP contribution in [0.1, 0.15) is 5.76 Å². The van der Waals surface area contributed by atoms with E-state index in [2.05, 4.69) is 31.0 Å². The number of hydrogen-bond acceptors (Lipinski definition) is 8. The highest BCUT2D eigenvalue weighted by molar-refractivity contribution is 7.99. The van der Waals surface area contributed by atoms with Crippen LogP contribution in [0.3, 0.4) is 0 Å². The van der Waals surface area contributed by atoms with Crippen molar-refractivity contribution in [3.8, 4) is 5.75 Å². The first-order valence-corrected chi connectivity index (χ1v) is 8.53. The highest BCUT2D eigenvalue weighted by Gasteiger charge is 2.08. The zero-order valence-corrected chi connectivity index (χ0v) is 14.6. The number of ether oxygens (including phenoxy) is 1. The van der Waals surface area contributed by atoms with Gasteiger partial charge in [-0.25, -0.2) is 10.5 Å². The van der Waals surface area contributed by atoms with Crippen molar-refractivity contribution < 1.29 is 13.9 Å². The van der Waals surface area contributed by atoms with E-state index >= 15 is 0 Å². The summed E-state index contributed by atoms with van der Waals surface area (Å²) in [4.78, 5) is 16.2. The molecule has 134 valence electrons. The van der Waals surface area contributed by atoms with Gasteiger partial charge >= 0.3 is 0 Å². The summed E-state index contributed by atoms with van der Waals surface area (Å²) in [7, 11) is 1.57. The standard InChI is InChI=1S/C16H16N6O3S/c1-24-12-5-2-4-11(8-12)18-14(23)10-26-16-19-15(21-22-16)20-17-9-13-6-3-7-25-13/h2-9H,10H2,1H3,(H,18,23)(H2,19,20,21,22)/b17-9-. The SMILES string of the molecule is COc1cccc(NC(=O)CSc2n[nH]c(N/N=C\c3ccco3)n2)c1. The summed E-state index contributed by atoms with van der Waals surface area (Å²) in [6.45, 7) is 0. The van der Waals surface area contributed by atoms with Crippen molar-refractivity contribution in [3.05, 3.63) is 48.4 Å². The first-order valence-electron chi connectivity index (χ1n) is 7.54. The summed E-state index contributed by atoms with van der Waals surface area (Å²) in [6.07, 6.45) is 3.07. The highest BCUT2D eigenvalue weighted by Crippen LogP contribution is 2.18. The second-order valence-corrected chi connectivity index (χ2v) is 5.86. The Morgan fingerprint density at radius 1 is 1.42 bits per heavy atom. The van der Waals surface area contributed by atoms with Crippen LogP contribution in [0.5, 0.6) is 5.75 Å². The van der Waals surface area contributed by atoms with E-state index in [9.17, 15) is 4.79 Å². The second-order valence-electron chi connectivity index (χ2n) is 4.92.